The molecule has 2 rings (SSSR count). The number of hydrogen-bond acceptors (Lipinski definition) is 3. The number of carbonyl (C=O) groups excluding carboxylic acids is 1. The lowest BCUT2D eigenvalue weighted by Gasteiger charge is -2.16. The van der Waals surface area contributed by atoms with Crippen molar-refractivity contribution in [3.05, 3.63) is 29.8 Å². The van der Waals surface area contributed by atoms with Crippen molar-refractivity contribution in [1.29, 1.82) is 0 Å². The summed E-state index contributed by atoms with van der Waals surface area (Å²) in [6.45, 7) is 3.46. The molecule has 5 heteroatoms. The summed E-state index contributed by atoms with van der Waals surface area (Å²) in [4.78, 5) is 24.2. The average molecular weight is 277 g/mol. The Bertz CT molecular complexity index is 483. The summed E-state index contributed by atoms with van der Waals surface area (Å²) >= 11 is 0. The topological polar surface area (TPSA) is 66.8 Å². The molecule has 0 spiro atoms. The molecule has 0 aromatic heterocycles. The highest BCUT2D eigenvalue weighted by atomic mass is 16.5. The van der Waals surface area contributed by atoms with E-state index in [2.05, 4.69) is 0 Å². The monoisotopic (exact) mass is 277 g/mol. The molecule has 1 unspecified atom stereocenters. The van der Waals surface area contributed by atoms with Crippen molar-refractivity contribution in [3.8, 4) is 5.75 Å². The Morgan fingerprint density at radius 3 is 2.65 bits per heavy atom. The molecule has 1 aliphatic rings. The summed E-state index contributed by atoms with van der Waals surface area (Å²) in [5.74, 6) is -0.674. The Morgan fingerprint density at radius 2 is 2.10 bits per heavy atom. The van der Waals surface area contributed by atoms with E-state index in [4.69, 9.17) is 9.84 Å². The van der Waals surface area contributed by atoms with E-state index in [1.165, 1.54) is 0 Å². The van der Waals surface area contributed by atoms with Gasteiger partial charge in [0.15, 0.2) is 0 Å². The normalized spacial score (nSPS) is 18.4. The first-order valence-corrected chi connectivity index (χ1v) is 6.82. The first kappa shape index (κ1) is 14.4. The molecule has 1 saturated heterocycles. The molecule has 1 amide bonds. The molecule has 1 heterocycles. The van der Waals surface area contributed by atoms with E-state index < -0.39 is 11.9 Å². The van der Waals surface area contributed by atoms with Gasteiger partial charge in [-0.1, -0.05) is 12.1 Å². The Labute approximate surface area is 118 Å². The molecule has 1 atom stereocenters. The Morgan fingerprint density at radius 1 is 1.40 bits per heavy atom. The van der Waals surface area contributed by atoms with Crippen molar-refractivity contribution in [2.45, 2.75) is 19.8 Å². The highest BCUT2D eigenvalue weighted by Crippen LogP contribution is 2.19. The summed E-state index contributed by atoms with van der Waals surface area (Å²) < 4.78 is 5.37. The minimum atomic E-state index is -0.887. The second-order valence-electron chi connectivity index (χ2n) is 4.91. The SMILES string of the molecule is CCOc1ccc(CCN2CC(C(=O)O)CC2=O)cc1. The fraction of sp³-hybridized carbons (Fsp3) is 0.467. The number of rotatable bonds is 6. The third-order valence-corrected chi connectivity index (χ3v) is 3.47. The standard InChI is InChI=1S/C15H19NO4/c1-2-20-13-5-3-11(4-6-13)7-8-16-10-12(15(18)19)9-14(16)17/h3-6,12H,2,7-10H2,1H3,(H,18,19). The first-order valence-electron chi connectivity index (χ1n) is 6.82. The Balaban J connectivity index is 1.86. The fourth-order valence-electron chi connectivity index (χ4n) is 2.34. The van der Waals surface area contributed by atoms with Crippen LogP contribution in [-0.4, -0.2) is 41.6 Å². The van der Waals surface area contributed by atoms with Crippen LogP contribution in [0.5, 0.6) is 5.75 Å². The van der Waals surface area contributed by atoms with E-state index in [-0.39, 0.29) is 12.3 Å². The van der Waals surface area contributed by atoms with Crippen LogP contribution in [0.4, 0.5) is 0 Å². The van der Waals surface area contributed by atoms with Gasteiger partial charge in [0, 0.05) is 19.5 Å². The number of likely N-dealkylation sites (tertiary alicyclic amines) is 1. The van der Waals surface area contributed by atoms with E-state index in [0.29, 0.717) is 19.7 Å². The molecule has 0 aliphatic carbocycles. The molecule has 0 bridgehead atoms. The van der Waals surface area contributed by atoms with E-state index in [9.17, 15) is 9.59 Å². The third-order valence-electron chi connectivity index (χ3n) is 3.47. The van der Waals surface area contributed by atoms with Crippen LogP contribution in [0.15, 0.2) is 24.3 Å². The van der Waals surface area contributed by atoms with E-state index >= 15 is 0 Å². The van der Waals surface area contributed by atoms with E-state index in [1.807, 2.05) is 31.2 Å². The van der Waals surface area contributed by atoms with Gasteiger partial charge in [-0.05, 0) is 31.0 Å². The van der Waals surface area contributed by atoms with Crippen LogP contribution in [0.1, 0.15) is 18.9 Å². The number of ether oxygens (including phenoxy) is 1. The molecule has 1 N–H and O–H groups in total. The fourth-order valence-corrected chi connectivity index (χ4v) is 2.34. The first-order chi connectivity index (χ1) is 9.60. The molecular formula is C15H19NO4. The van der Waals surface area contributed by atoms with Crippen LogP contribution < -0.4 is 4.74 Å². The molecule has 0 radical (unpaired) electrons. The number of hydrogen-bond donors (Lipinski definition) is 1. The van der Waals surface area contributed by atoms with Gasteiger partial charge in [0.1, 0.15) is 5.75 Å². The lowest BCUT2D eigenvalue weighted by molar-refractivity contribution is -0.141. The van der Waals surface area contributed by atoms with Crippen LogP contribution >= 0.6 is 0 Å². The Kier molecular flexibility index (Phi) is 4.61. The number of carbonyl (C=O) groups is 2. The molecule has 1 aromatic carbocycles. The molecule has 20 heavy (non-hydrogen) atoms. The Hall–Kier alpha value is -2.04. The van der Waals surface area contributed by atoms with Gasteiger partial charge in [0.2, 0.25) is 5.91 Å². The van der Waals surface area contributed by atoms with Gasteiger partial charge in [0.25, 0.3) is 0 Å². The van der Waals surface area contributed by atoms with E-state index in [0.717, 1.165) is 17.7 Å². The lowest BCUT2D eigenvalue weighted by Crippen LogP contribution is -2.28. The quantitative estimate of drug-likeness (QED) is 0.857. The molecule has 1 fully saturated rings. The second kappa shape index (κ2) is 6.41. The van der Waals surface area contributed by atoms with Crippen molar-refractivity contribution < 1.29 is 19.4 Å². The van der Waals surface area contributed by atoms with Gasteiger partial charge in [-0.3, -0.25) is 9.59 Å². The van der Waals surface area contributed by atoms with Gasteiger partial charge < -0.3 is 14.7 Å². The molecular weight excluding hydrogens is 258 g/mol. The predicted molar refractivity (Wildman–Crippen MR) is 73.6 cm³/mol. The van der Waals surface area contributed by atoms with Crippen LogP contribution in [0.25, 0.3) is 0 Å². The smallest absolute Gasteiger partial charge is 0.308 e. The van der Waals surface area contributed by atoms with Crippen LogP contribution in [-0.2, 0) is 16.0 Å². The second-order valence-corrected chi connectivity index (χ2v) is 4.91. The maximum absolute atomic E-state index is 11.7. The number of amides is 1. The van der Waals surface area contributed by atoms with Crippen molar-refractivity contribution in [2.75, 3.05) is 19.7 Å². The summed E-state index contributed by atoms with van der Waals surface area (Å²) in [5.41, 5.74) is 1.11. The highest BCUT2D eigenvalue weighted by molar-refractivity contribution is 5.86. The zero-order chi connectivity index (χ0) is 14.5. The molecule has 0 saturated carbocycles. The summed E-state index contributed by atoms with van der Waals surface area (Å²) in [6.07, 6.45) is 0.850. The highest BCUT2D eigenvalue weighted by Gasteiger charge is 2.33. The van der Waals surface area contributed by atoms with Gasteiger partial charge in [-0.25, -0.2) is 0 Å². The van der Waals surface area contributed by atoms with Crippen LogP contribution in [0.2, 0.25) is 0 Å². The minimum absolute atomic E-state index is 0.0664. The van der Waals surface area contributed by atoms with E-state index in [1.54, 1.807) is 4.90 Å². The number of benzene rings is 1. The molecule has 1 aliphatic heterocycles. The molecule has 1 aromatic rings. The maximum atomic E-state index is 11.7. The van der Waals surface area contributed by atoms with Gasteiger partial charge in [-0.15, -0.1) is 0 Å². The van der Waals surface area contributed by atoms with Crippen molar-refractivity contribution >= 4 is 11.9 Å². The van der Waals surface area contributed by atoms with Crippen molar-refractivity contribution in [2.24, 2.45) is 5.92 Å². The van der Waals surface area contributed by atoms with Crippen molar-refractivity contribution in [1.82, 2.24) is 4.90 Å². The van der Waals surface area contributed by atoms with Gasteiger partial charge in [0.05, 0.1) is 12.5 Å². The number of carboxylic acid groups (broad SMARTS) is 1. The maximum Gasteiger partial charge on any atom is 0.308 e. The largest absolute Gasteiger partial charge is 0.494 e. The lowest BCUT2D eigenvalue weighted by atomic mass is 10.1. The molecule has 5 nitrogen and oxygen atoms in total. The number of carboxylic acids is 1. The zero-order valence-corrected chi connectivity index (χ0v) is 11.5. The van der Waals surface area contributed by atoms with Crippen LogP contribution in [0, 0.1) is 5.92 Å². The zero-order valence-electron chi connectivity index (χ0n) is 11.5. The number of aliphatic carboxylic acids is 1. The van der Waals surface area contributed by atoms with Crippen molar-refractivity contribution in [3.63, 3.8) is 0 Å². The predicted octanol–water partition coefficient (Wildman–Crippen LogP) is 1.56. The summed E-state index contributed by atoms with van der Waals surface area (Å²) in [5, 5.41) is 8.92. The van der Waals surface area contributed by atoms with Crippen LogP contribution in [0.3, 0.4) is 0 Å². The summed E-state index contributed by atoms with van der Waals surface area (Å²) in [6, 6.07) is 7.76. The summed E-state index contributed by atoms with van der Waals surface area (Å²) in [7, 11) is 0. The third kappa shape index (κ3) is 3.50. The minimum Gasteiger partial charge on any atom is -0.494 e. The van der Waals surface area contributed by atoms with Gasteiger partial charge in [-0.2, -0.15) is 0 Å². The number of nitrogens with zero attached hydrogens (tertiary/aromatic N) is 1. The molecule has 108 valence electrons. The van der Waals surface area contributed by atoms with Gasteiger partial charge >= 0.3 is 5.97 Å². The average Bonchev–Trinajstić information content (AvgIpc) is 2.80.